The van der Waals surface area contributed by atoms with E-state index in [4.69, 9.17) is 9.68 Å². The first kappa shape index (κ1) is 11.5. The van der Waals surface area contributed by atoms with Gasteiger partial charge in [-0.1, -0.05) is 30.3 Å². The summed E-state index contributed by atoms with van der Waals surface area (Å²) in [5, 5.41) is 9.80. The van der Waals surface area contributed by atoms with Gasteiger partial charge in [-0.2, -0.15) is 5.26 Å². The van der Waals surface area contributed by atoms with Crippen molar-refractivity contribution in [2.75, 3.05) is 0 Å². The number of rotatable bonds is 1. The van der Waals surface area contributed by atoms with Gasteiger partial charge in [0.05, 0.1) is 0 Å². The molecule has 3 aromatic rings. The SMILES string of the molecule is Cc1cc2c(-c3ccccc3)cc(F)c(C#N)c2o1. The lowest BCUT2D eigenvalue weighted by molar-refractivity contribution is 0.569. The highest BCUT2D eigenvalue weighted by atomic mass is 19.1. The summed E-state index contributed by atoms with van der Waals surface area (Å²) in [7, 11) is 0. The van der Waals surface area contributed by atoms with Crippen molar-refractivity contribution in [1.82, 2.24) is 0 Å². The van der Waals surface area contributed by atoms with E-state index in [1.165, 1.54) is 6.07 Å². The molecule has 0 radical (unpaired) electrons. The van der Waals surface area contributed by atoms with Crippen LogP contribution in [0.15, 0.2) is 46.9 Å². The summed E-state index contributed by atoms with van der Waals surface area (Å²) in [6.07, 6.45) is 0. The first-order valence-electron chi connectivity index (χ1n) is 5.89. The number of nitrogens with zero attached hydrogens (tertiary/aromatic N) is 1. The van der Waals surface area contributed by atoms with Crippen molar-refractivity contribution in [3.63, 3.8) is 0 Å². The Hall–Kier alpha value is -2.60. The van der Waals surface area contributed by atoms with E-state index < -0.39 is 5.82 Å². The molecule has 92 valence electrons. The summed E-state index contributed by atoms with van der Waals surface area (Å²) in [4.78, 5) is 0. The van der Waals surface area contributed by atoms with Gasteiger partial charge in [-0.25, -0.2) is 4.39 Å². The number of hydrogen-bond acceptors (Lipinski definition) is 2. The van der Waals surface area contributed by atoms with Gasteiger partial charge >= 0.3 is 0 Å². The van der Waals surface area contributed by atoms with Gasteiger partial charge in [0.25, 0.3) is 0 Å². The molecular weight excluding hydrogens is 241 g/mol. The van der Waals surface area contributed by atoms with Crippen LogP contribution in [0.3, 0.4) is 0 Å². The van der Waals surface area contributed by atoms with E-state index in [9.17, 15) is 4.39 Å². The van der Waals surface area contributed by atoms with Crippen LogP contribution < -0.4 is 0 Å². The van der Waals surface area contributed by atoms with Crippen LogP contribution in [0.5, 0.6) is 0 Å². The smallest absolute Gasteiger partial charge is 0.155 e. The second-order valence-electron chi connectivity index (χ2n) is 4.36. The molecule has 0 N–H and O–H groups in total. The zero-order valence-electron chi connectivity index (χ0n) is 10.3. The molecule has 0 saturated carbocycles. The average molecular weight is 251 g/mol. The predicted molar refractivity (Wildman–Crippen MR) is 71.1 cm³/mol. The summed E-state index contributed by atoms with van der Waals surface area (Å²) < 4.78 is 19.5. The molecule has 1 heterocycles. The molecule has 0 aliphatic rings. The second kappa shape index (κ2) is 4.25. The highest BCUT2D eigenvalue weighted by Crippen LogP contribution is 2.34. The fourth-order valence-corrected chi connectivity index (χ4v) is 2.25. The van der Waals surface area contributed by atoms with Crippen molar-refractivity contribution >= 4 is 11.0 Å². The maximum absolute atomic E-state index is 14.0. The third-order valence-corrected chi connectivity index (χ3v) is 3.08. The van der Waals surface area contributed by atoms with Gasteiger partial charge in [0.2, 0.25) is 0 Å². The maximum Gasteiger partial charge on any atom is 0.155 e. The Labute approximate surface area is 109 Å². The monoisotopic (exact) mass is 251 g/mol. The largest absolute Gasteiger partial charge is 0.460 e. The highest BCUT2D eigenvalue weighted by Gasteiger charge is 2.16. The van der Waals surface area contributed by atoms with Crippen molar-refractivity contribution in [3.05, 3.63) is 59.6 Å². The molecule has 3 rings (SSSR count). The molecule has 0 spiro atoms. The predicted octanol–water partition coefficient (Wildman–Crippen LogP) is 4.42. The molecule has 0 saturated heterocycles. The Morgan fingerprint density at radius 2 is 1.89 bits per heavy atom. The lowest BCUT2D eigenvalue weighted by atomic mass is 9.99. The fraction of sp³-hybridized carbons (Fsp3) is 0.0625. The normalized spacial score (nSPS) is 10.6. The Morgan fingerprint density at radius 1 is 1.16 bits per heavy atom. The van der Waals surface area contributed by atoms with Crippen LogP contribution in [0.2, 0.25) is 0 Å². The quantitative estimate of drug-likeness (QED) is 0.642. The number of halogens is 1. The number of furan rings is 1. The summed E-state index contributed by atoms with van der Waals surface area (Å²) in [6.45, 7) is 1.79. The van der Waals surface area contributed by atoms with Gasteiger partial charge in [-0.15, -0.1) is 0 Å². The first-order chi connectivity index (χ1) is 9.20. The Morgan fingerprint density at radius 3 is 2.58 bits per heavy atom. The van der Waals surface area contributed by atoms with Crippen molar-refractivity contribution in [2.24, 2.45) is 0 Å². The Kier molecular flexibility index (Phi) is 2.57. The minimum absolute atomic E-state index is 0.0391. The van der Waals surface area contributed by atoms with Gasteiger partial charge in [0.1, 0.15) is 23.2 Å². The lowest BCUT2D eigenvalue weighted by Gasteiger charge is -2.05. The van der Waals surface area contributed by atoms with Crippen molar-refractivity contribution in [3.8, 4) is 17.2 Å². The minimum Gasteiger partial charge on any atom is -0.460 e. The molecule has 0 amide bonds. The van der Waals surface area contributed by atoms with Crippen LogP contribution in [-0.4, -0.2) is 0 Å². The molecule has 0 aliphatic heterocycles. The fourth-order valence-electron chi connectivity index (χ4n) is 2.25. The number of nitriles is 1. The summed E-state index contributed by atoms with van der Waals surface area (Å²) >= 11 is 0. The lowest BCUT2D eigenvalue weighted by Crippen LogP contribution is -1.88. The number of aryl methyl sites for hydroxylation is 1. The van der Waals surface area contributed by atoms with Crippen LogP contribution in [0.1, 0.15) is 11.3 Å². The average Bonchev–Trinajstić information content (AvgIpc) is 2.80. The van der Waals surface area contributed by atoms with E-state index in [-0.39, 0.29) is 5.56 Å². The Bertz CT molecular complexity index is 797. The van der Waals surface area contributed by atoms with E-state index in [1.54, 1.807) is 6.92 Å². The van der Waals surface area contributed by atoms with Gasteiger partial charge in [0.15, 0.2) is 5.58 Å². The van der Waals surface area contributed by atoms with Crippen LogP contribution in [0, 0.1) is 24.1 Å². The molecule has 0 unspecified atom stereocenters. The van der Waals surface area contributed by atoms with Gasteiger partial charge in [0, 0.05) is 5.39 Å². The molecular formula is C16H10FNO. The van der Waals surface area contributed by atoms with Gasteiger partial charge < -0.3 is 4.42 Å². The van der Waals surface area contributed by atoms with E-state index in [0.29, 0.717) is 11.3 Å². The summed E-state index contributed by atoms with van der Waals surface area (Å²) in [6, 6.07) is 14.6. The second-order valence-corrected chi connectivity index (χ2v) is 4.36. The third-order valence-electron chi connectivity index (χ3n) is 3.08. The maximum atomic E-state index is 14.0. The topological polar surface area (TPSA) is 36.9 Å². The molecule has 19 heavy (non-hydrogen) atoms. The van der Waals surface area contributed by atoms with Crippen molar-refractivity contribution < 1.29 is 8.81 Å². The number of benzene rings is 2. The first-order valence-corrected chi connectivity index (χ1v) is 5.89. The van der Waals surface area contributed by atoms with Crippen molar-refractivity contribution in [1.29, 1.82) is 5.26 Å². The molecule has 0 aliphatic carbocycles. The van der Waals surface area contributed by atoms with E-state index in [2.05, 4.69) is 0 Å². The summed E-state index contributed by atoms with van der Waals surface area (Å²) in [5.41, 5.74) is 1.92. The third kappa shape index (κ3) is 1.78. The standard InChI is InChI=1S/C16H10FNO/c1-10-7-13-12(11-5-3-2-4-6-11)8-15(17)14(9-18)16(13)19-10/h2-8H,1H3. The molecule has 1 aromatic heterocycles. The molecule has 3 heteroatoms. The van der Waals surface area contributed by atoms with Crippen LogP contribution in [-0.2, 0) is 0 Å². The molecule has 0 bridgehead atoms. The molecule has 0 fully saturated rings. The zero-order chi connectivity index (χ0) is 13.4. The molecule has 0 atom stereocenters. The molecule has 2 aromatic carbocycles. The van der Waals surface area contributed by atoms with Crippen molar-refractivity contribution in [2.45, 2.75) is 6.92 Å². The molecule has 2 nitrogen and oxygen atoms in total. The van der Waals surface area contributed by atoms with Gasteiger partial charge in [-0.3, -0.25) is 0 Å². The zero-order valence-corrected chi connectivity index (χ0v) is 10.3. The summed E-state index contributed by atoms with van der Waals surface area (Å²) in [5.74, 6) is 0.109. The van der Waals surface area contributed by atoms with Crippen LogP contribution in [0.25, 0.3) is 22.1 Å². The Balaban J connectivity index is 2.42. The number of fused-ring (bicyclic) bond motifs is 1. The van der Waals surface area contributed by atoms with E-state index in [1.807, 2.05) is 42.5 Å². The van der Waals surface area contributed by atoms with Crippen LogP contribution >= 0.6 is 0 Å². The van der Waals surface area contributed by atoms with Crippen LogP contribution in [0.4, 0.5) is 4.39 Å². The van der Waals surface area contributed by atoms with E-state index >= 15 is 0 Å². The van der Waals surface area contributed by atoms with E-state index in [0.717, 1.165) is 16.5 Å². The highest BCUT2D eigenvalue weighted by molar-refractivity contribution is 5.97. The van der Waals surface area contributed by atoms with Gasteiger partial charge in [-0.05, 0) is 30.2 Å². The minimum atomic E-state index is -0.553. The number of hydrogen-bond donors (Lipinski definition) is 0.